The smallest absolute Gasteiger partial charge is 0.199 e. The maximum absolute atomic E-state index is 5.48. The first-order chi connectivity index (χ1) is 6.68. The molecule has 86 valence electrons. The maximum Gasteiger partial charge on any atom is 0.199 e. The molecule has 0 aliphatic heterocycles. The van der Waals surface area contributed by atoms with E-state index in [1.54, 1.807) is 6.26 Å². The van der Waals surface area contributed by atoms with Crippen LogP contribution in [0.25, 0.3) is 0 Å². The Kier molecular flexibility index (Phi) is 3.27. The molecule has 0 fully saturated rings. The molecule has 1 aromatic heterocycles. The summed E-state index contributed by atoms with van der Waals surface area (Å²) in [7, 11) is 0. The van der Waals surface area contributed by atoms with E-state index >= 15 is 0 Å². The van der Waals surface area contributed by atoms with Crippen LogP contribution in [-0.2, 0) is 11.8 Å². The van der Waals surface area contributed by atoms with Gasteiger partial charge >= 0.3 is 0 Å². The van der Waals surface area contributed by atoms with E-state index in [1.165, 1.54) is 0 Å². The van der Waals surface area contributed by atoms with Gasteiger partial charge in [-0.25, -0.2) is 4.98 Å². The molecular formula is C13H23NO. The highest BCUT2D eigenvalue weighted by molar-refractivity contribution is 5.04. The number of hydrogen-bond donors (Lipinski definition) is 0. The number of aromatic nitrogens is 1. The summed E-state index contributed by atoms with van der Waals surface area (Å²) in [5, 5.41) is 0. The van der Waals surface area contributed by atoms with Gasteiger partial charge in [0, 0.05) is 5.41 Å². The first-order valence-corrected chi connectivity index (χ1v) is 5.63. The Balaban J connectivity index is 2.62. The van der Waals surface area contributed by atoms with E-state index in [2.05, 4.69) is 46.5 Å². The fraction of sp³-hybridized carbons (Fsp3) is 0.769. The highest BCUT2D eigenvalue weighted by Crippen LogP contribution is 2.24. The molecular weight excluding hydrogens is 186 g/mol. The molecule has 0 aliphatic rings. The molecule has 0 bridgehead atoms. The SMILES string of the molecule is CC(C)(C)CCc1coc(C(C)(C)C)n1. The van der Waals surface area contributed by atoms with Gasteiger partial charge in [-0.2, -0.15) is 0 Å². The summed E-state index contributed by atoms with van der Waals surface area (Å²) in [5.41, 5.74) is 1.45. The van der Waals surface area contributed by atoms with Crippen molar-refractivity contribution < 1.29 is 4.42 Å². The third kappa shape index (κ3) is 4.06. The Morgan fingerprint density at radius 2 is 1.73 bits per heavy atom. The molecule has 0 unspecified atom stereocenters. The summed E-state index contributed by atoms with van der Waals surface area (Å²) >= 11 is 0. The van der Waals surface area contributed by atoms with Crippen molar-refractivity contribution in [2.75, 3.05) is 0 Å². The topological polar surface area (TPSA) is 26.0 Å². The minimum absolute atomic E-state index is 0.0139. The van der Waals surface area contributed by atoms with E-state index in [0.29, 0.717) is 5.41 Å². The van der Waals surface area contributed by atoms with Crippen LogP contribution in [-0.4, -0.2) is 4.98 Å². The van der Waals surface area contributed by atoms with Crippen LogP contribution in [0.2, 0.25) is 0 Å². The molecule has 0 saturated heterocycles. The van der Waals surface area contributed by atoms with Gasteiger partial charge < -0.3 is 4.42 Å². The molecule has 0 aliphatic carbocycles. The third-order valence-corrected chi connectivity index (χ3v) is 2.32. The van der Waals surface area contributed by atoms with Crippen molar-refractivity contribution in [1.29, 1.82) is 0 Å². The van der Waals surface area contributed by atoms with E-state index in [1.807, 2.05) is 0 Å². The Morgan fingerprint density at radius 1 is 1.13 bits per heavy atom. The van der Waals surface area contributed by atoms with Crippen molar-refractivity contribution in [2.24, 2.45) is 5.41 Å². The molecule has 2 nitrogen and oxygen atoms in total. The van der Waals surface area contributed by atoms with Crippen molar-refractivity contribution in [2.45, 2.75) is 59.8 Å². The Hall–Kier alpha value is -0.790. The molecule has 15 heavy (non-hydrogen) atoms. The normalized spacial score (nSPS) is 13.2. The second-order valence-corrected chi connectivity index (χ2v) is 6.45. The van der Waals surface area contributed by atoms with Crippen LogP contribution in [0.5, 0.6) is 0 Å². The van der Waals surface area contributed by atoms with Crippen LogP contribution in [0.3, 0.4) is 0 Å². The van der Waals surface area contributed by atoms with Crippen LogP contribution < -0.4 is 0 Å². The van der Waals surface area contributed by atoms with Crippen LogP contribution in [0.15, 0.2) is 10.7 Å². The van der Waals surface area contributed by atoms with E-state index in [4.69, 9.17) is 4.42 Å². The molecule has 1 heterocycles. The highest BCUT2D eigenvalue weighted by Gasteiger charge is 2.20. The Morgan fingerprint density at radius 3 is 2.13 bits per heavy atom. The van der Waals surface area contributed by atoms with Crippen molar-refractivity contribution >= 4 is 0 Å². The second kappa shape index (κ2) is 3.99. The van der Waals surface area contributed by atoms with E-state index < -0.39 is 0 Å². The van der Waals surface area contributed by atoms with Crippen molar-refractivity contribution in [3.05, 3.63) is 17.8 Å². The molecule has 2 heteroatoms. The molecule has 0 radical (unpaired) electrons. The summed E-state index contributed by atoms with van der Waals surface area (Å²) in [6, 6.07) is 0. The lowest BCUT2D eigenvalue weighted by Gasteiger charge is -2.16. The molecule has 0 amide bonds. The monoisotopic (exact) mass is 209 g/mol. The number of hydrogen-bond acceptors (Lipinski definition) is 2. The van der Waals surface area contributed by atoms with Gasteiger partial charge in [-0.05, 0) is 18.3 Å². The molecule has 0 N–H and O–H groups in total. The predicted octanol–water partition coefficient (Wildman–Crippen LogP) is 3.95. The zero-order chi connectivity index (χ0) is 11.7. The second-order valence-electron chi connectivity index (χ2n) is 6.45. The van der Waals surface area contributed by atoms with Crippen molar-refractivity contribution in [3.8, 4) is 0 Å². The fourth-order valence-electron chi connectivity index (χ4n) is 1.27. The molecule has 0 spiro atoms. The minimum Gasteiger partial charge on any atom is -0.448 e. The molecule has 0 aromatic carbocycles. The van der Waals surface area contributed by atoms with Gasteiger partial charge in [0.1, 0.15) is 6.26 Å². The molecule has 0 atom stereocenters. The van der Waals surface area contributed by atoms with Gasteiger partial charge in [0.25, 0.3) is 0 Å². The standard InChI is InChI=1S/C13H23NO/c1-12(2,3)8-7-10-9-15-11(14-10)13(4,5)6/h9H,7-8H2,1-6H3. The van der Waals surface area contributed by atoms with Crippen LogP contribution >= 0.6 is 0 Å². The summed E-state index contributed by atoms with van der Waals surface area (Å²) in [6.07, 6.45) is 3.94. The predicted molar refractivity (Wildman–Crippen MR) is 63.0 cm³/mol. The average molecular weight is 209 g/mol. The number of oxazole rings is 1. The molecule has 1 rings (SSSR count). The summed E-state index contributed by atoms with van der Waals surface area (Å²) in [4.78, 5) is 4.52. The van der Waals surface area contributed by atoms with Crippen LogP contribution in [0, 0.1) is 5.41 Å². The fourth-order valence-corrected chi connectivity index (χ4v) is 1.27. The largest absolute Gasteiger partial charge is 0.448 e. The van der Waals surface area contributed by atoms with Gasteiger partial charge in [0.15, 0.2) is 5.89 Å². The van der Waals surface area contributed by atoms with Gasteiger partial charge in [-0.3, -0.25) is 0 Å². The summed E-state index contributed by atoms with van der Waals surface area (Å²) in [5.74, 6) is 0.839. The van der Waals surface area contributed by atoms with Crippen LogP contribution in [0.4, 0.5) is 0 Å². The Labute approximate surface area is 93.1 Å². The maximum atomic E-state index is 5.48. The first kappa shape index (κ1) is 12.3. The van der Waals surface area contributed by atoms with Gasteiger partial charge in [0.2, 0.25) is 0 Å². The number of rotatable bonds is 2. The van der Waals surface area contributed by atoms with Crippen LogP contribution in [0.1, 0.15) is 59.5 Å². The van der Waals surface area contributed by atoms with Gasteiger partial charge in [-0.1, -0.05) is 41.5 Å². The van der Waals surface area contributed by atoms with Crippen molar-refractivity contribution in [1.82, 2.24) is 4.98 Å². The quantitative estimate of drug-likeness (QED) is 0.737. The summed E-state index contributed by atoms with van der Waals surface area (Å²) in [6.45, 7) is 13.1. The zero-order valence-corrected chi connectivity index (χ0v) is 10.8. The van der Waals surface area contributed by atoms with Gasteiger partial charge in [0.05, 0.1) is 5.69 Å². The Bertz CT molecular complexity index is 312. The highest BCUT2D eigenvalue weighted by atomic mass is 16.3. The van der Waals surface area contributed by atoms with Crippen molar-refractivity contribution in [3.63, 3.8) is 0 Å². The lowest BCUT2D eigenvalue weighted by Crippen LogP contribution is -2.12. The first-order valence-electron chi connectivity index (χ1n) is 5.63. The number of aryl methyl sites for hydroxylation is 1. The van der Waals surface area contributed by atoms with Gasteiger partial charge in [-0.15, -0.1) is 0 Å². The van der Waals surface area contributed by atoms with E-state index in [0.717, 1.165) is 24.4 Å². The van der Waals surface area contributed by atoms with E-state index in [9.17, 15) is 0 Å². The molecule has 0 saturated carbocycles. The lowest BCUT2D eigenvalue weighted by molar-refractivity contribution is 0.376. The lowest BCUT2D eigenvalue weighted by atomic mass is 9.90. The number of nitrogens with zero attached hydrogens (tertiary/aromatic N) is 1. The third-order valence-electron chi connectivity index (χ3n) is 2.32. The average Bonchev–Trinajstić information content (AvgIpc) is 2.45. The zero-order valence-electron chi connectivity index (χ0n) is 10.8. The minimum atomic E-state index is 0.0139. The van der Waals surface area contributed by atoms with E-state index in [-0.39, 0.29) is 5.41 Å². The summed E-state index contributed by atoms with van der Waals surface area (Å²) < 4.78 is 5.48. The molecule has 1 aromatic rings.